The van der Waals surface area contributed by atoms with E-state index in [0.717, 1.165) is 22.9 Å². The molecule has 1 aliphatic rings. The zero-order valence-corrected chi connectivity index (χ0v) is 22.5. The number of carbonyl (C=O) groups excluding carboxylic acids is 1. The topological polar surface area (TPSA) is 135 Å². The van der Waals surface area contributed by atoms with Crippen molar-refractivity contribution in [3.05, 3.63) is 100 Å². The van der Waals surface area contributed by atoms with Gasteiger partial charge in [-0.2, -0.15) is 0 Å². The SMILES string of the molecule is Nc1ccc(Oc2ccc(C3OCCO3)cc2Cl)cc1N.O=Cc1ccc(Oc2ccc3nc[nH]c3c2)c(Cl)c1. The molecule has 1 aliphatic heterocycles. The third-order valence-corrected chi connectivity index (χ3v) is 6.44. The number of nitrogen functional groups attached to an aromatic ring is 2. The number of H-pyrrole nitrogens is 1. The number of fused-ring (bicyclic) bond motifs is 1. The Hall–Kier alpha value is -4.28. The molecule has 0 unspecified atom stereocenters. The van der Waals surface area contributed by atoms with Crippen molar-refractivity contribution in [2.45, 2.75) is 6.29 Å². The number of halogens is 2. The molecule has 4 aromatic carbocycles. The van der Waals surface area contributed by atoms with Gasteiger partial charge in [0.15, 0.2) is 6.29 Å². The van der Waals surface area contributed by atoms with E-state index in [1.165, 1.54) is 0 Å². The Morgan fingerprint density at radius 3 is 2.17 bits per heavy atom. The molecule has 2 heterocycles. The lowest BCUT2D eigenvalue weighted by Crippen LogP contribution is -1.98. The normalized spacial score (nSPS) is 13.1. The van der Waals surface area contributed by atoms with Crippen molar-refractivity contribution >= 4 is 51.9 Å². The first-order valence-electron chi connectivity index (χ1n) is 12.1. The highest BCUT2D eigenvalue weighted by molar-refractivity contribution is 6.32. The highest BCUT2D eigenvalue weighted by Gasteiger charge is 2.19. The Morgan fingerprint density at radius 2 is 1.50 bits per heavy atom. The molecule has 0 spiro atoms. The molecule has 40 heavy (non-hydrogen) atoms. The average Bonchev–Trinajstić information content (AvgIpc) is 3.66. The van der Waals surface area contributed by atoms with E-state index < -0.39 is 0 Å². The lowest BCUT2D eigenvalue weighted by atomic mass is 10.2. The molecule has 1 aromatic heterocycles. The smallest absolute Gasteiger partial charge is 0.184 e. The molecule has 1 fully saturated rings. The van der Waals surface area contributed by atoms with Gasteiger partial charge >= 0.3 is 0 Å². The molecule has 11 heteroatoms. The van der Waals surface area contributed by atoms with E-state index in [2.05, 4.69) is 9.97 Å². The van der Waals surface area contributed by atoms with Gasteiger partial charge in [-0.1, -0.05) is 29.3 Å². The van der Waals surface area contributed by atoms with Crippen LogP contribution in [-0.2, 0) is 9.47 Å². The van der Waals surface area contributed by atoms with Gasteiger partial charge in [-0.25, -0.2) is 4.98 Å². The number of ether oxygens (including phenoxy) is 4. The number of aromatic amines is 1. The molecule has 0 radical (unpaired) electrons. The minimum absolute atomic E-state index is 0.358. The number of nitrogens with zero attached hydrogens (tertiary/aromatic N) is 1. The van der Waals surface area contributed by atoms with E-state index in [4.69, 9.17) is 53.6 Å². The number of rotatable bonds is 6. The predicted molar refractivity (Wildman–Crippen MR) is 154 cm³/mol. The van der Waals surface area contributed by atoms with E-state index >= 15 is 0 Å². The summed E-state index contributed by atoms with van der Waals surface area (Å²) in [5.41, 5.74) is 15.5. The summed E-state index contributed by atoms with van der Waals surface area (Å²) in [5, 5.41) is 0.872. The van der Waals surface area contributed by atoms with Crippen molar-refractivity contribution in [3.8, 4) is 23.0 Å². The first kappa shape index (κ1) is 27.3. The summed E-state index contributed by atoms with van der Waals surface area (Å²) in [4.78, 5) is 17.8. The van der Waals surface area contributed by atoms with E-state index in [-0.39, 0.29) is 6.29 Å². The zero-order valence-electron chi connectivity index (χ0n) is 21.0. The number of hydrogen-bond donors (Lipinski definition) is 3. The van der Waals surface area contributed by atoms with E-state index in [9.17, 15) is 4.79 Å². The number of nitrogens with two attached hydrogens (primary N) is 2. The van der Waals surface area contributed by atoms with Crippen LogP contribution in [0.4, 0.5) is 11.4 Å². The van der Waals surface area contributed by atoms with Crippen LogP contribution in [0.2, 0.25) is 10.0 Å². The molecule has 5 N–H and O–H groups in total. The first-order chi connectivity index (χ1) is 19.4. The van der Waals surface area contributed by atoms with Gasteiger partial charge in [0.1, 0.15) is 29.3 Å². The van der Waals surface area contributed by atoms with Crippen LogP contribution >= 0.6 is 23.2 Å². The summed E-state index contributed by atoms with van der Waals surface area (Å²) in [5.74, 6) is 2.26. The van der Waals surface area contributed by atoms with Crippen molar-refractivity contribution in [1.82, 2.24) is 9.97 Å². The van der Waals surface area contributed by atoms with Crippen molar-refractivity contribution < 1.29 is 23.7 Å². The molecular formula is C29H24Cl2N4O5. The van der Waals surface area contributed by atoms with E-state index in [1.807, 2.05) is 24.3 Å². The van der Waals surface area contributed by atoms with Crippen LogP contribution in [0.15, 0.2) is 79.1 Å². The largest absolute Gasteiger partial charge is 0.456 e. The Kier molecular flexibility index (Phi) is 8.37. The van der Waals surface area contributed by atoms with Crippen LogP contribution in [0.3, 0.4) is 0 Å². The molecule has 9 nitrogen and oxygen atoms in total. The zero-order chi connectivity index (χ0) is 28.1. The molecule has 6 rings (SSSR count). The van der Waals surface area contributed by atoms with Crippen LogP contribution in [0.5, 0.6) is 23.0 Å². The number of hydrogen-bond acceptors (Lipinski definition) is 8. The van der Waals surface area contributed by atoms with Gasteiger partial charge < -0.3 is 35.4 Å². The minimum Gasteiger partial charge on any atom is -0.456 e. The average molecular weight is 579 g/mol. The number of benzene rings is 4. The third kappa shape index (κ3) is 6.47. The van der Waals surface area contributed by atoms with Gasteiger partial charge in [0.25, 0.3) is 0 Å². The van der Waals surface area contributed by atoms with Crippen molar-refractivity contribution in [1.29, 1.82) is 0 Å². The Balaban J connectivity index is 0.000000162. The molecule has 0 atom stereocenters. The van der Waals surface area contributed by atoms with Crippen molar-refractivity contribution in [2.75, 3.05) is 24.7 Å². The number of aldehydes is 1. The predicted octanol–water partition coefficient (Wildman–Crippen LogP) is 7.16. The lowest BCUT2D eigenvalue weighted by molar-refractivity contribution is -0.0441. The fourth-order valence-corrected chi connectivity index (χ4v) is 4.27. The molecule has 204 valence electrons. The highest BCUT2D eigenvalue weighted by Crippen LogP contribution is 2.35. The third-order valence-electron chi connectivity index (χ3n) is 5.85. The van der Waals surface area contributed by atoms with Crippen LogP contribution in [0, 0.1) is 0 Å². The molecule has 0 aliphatic carbocycles. The number of aromatic nitrogens is 2. The molecule has 0 amide bonds. The monoisotopic (exact) mass is 578 g/mol. The van der Waals surface area contributed by atoms with E-state index in [0.29, 0.717) is 63.2 Å². The van der Waals surface area contributed by atoms with Crippen LogP contribution in [0.25, 0.3) is 11.0 Å². The second-order valence-corrected chi connectivity index (χ2v) is 9.46. The number of anilines is 2. The summed E-state index contributed by atoms with van der Waals surface area (Å²) < 4.78 is 22.3. The molecular weight excluding hydrogens is 555 g/mol. The summed E-state index contributed by atoms with van der Waals surface area (Å²) in [6.07, 6.45) is 2.01. The van der Waals surface area contributed by atoms with Gasteiger partial charge in [-0.3, -0.25) is 4.79 Å². The number of imidazole rings is 1. The second kappa shape index (κ2) is 12.3. The number of nitrogens with one attached hydrogen (secondary N) is 1. The van der Waals surface area contributed by atoms with Gasteiger partial charge in [0.2, 0.25) is 0 Å². The van der Waals surface area contributed by atoms with Crippen molar-refractivity contribution in [2.24, 2.45) is 0 Å². The van der Waals surface area contributed by atoms with Gasteiger partial charge in [0, 0.05) is 23.3 Å². The summed E-state index contributed by atoms with van der Waals surface area (Å²) in [6, 6.07) is 20.9. The Bertz CT molecular complexity index is 1650. The van der Waals surface area contributed by atoms with Crippen molar-refractivity contribution in [3.63, 3.8) is 0 Å². The highest BCUT2D eigenvalue weighted by atomic mass is 35.5. The van der Waals surface area contributed by atoms with E-state index in [1.54, 1.807) is 54.9 Å². The molecule has 0 bridgehead atoms. The van der Waals surface area contributed by atoms with Gasteiger partial charge in [-0.05, 0) is 54.6 Å². The minimum atomic E-state index is -0.358. The lowest BCUT2D eigenvalue weighted by Gasteiger charge is -2.13. The maximum Gasteiger partial charge on any atom is 0.184 e. The Labute approximate surface area is 239 Å². The maximum atomic E-state index is 10.6. The Morgan fingerprint density at radius 1 is 0.825 bits per heavy atom. The first-order valence-corrected chi connectivity index (χ1v) is 12.9. The van der Waals surface area contributed by atoms with Gasteiger partial charge in [0.05, 0.1) is 52.0 Å². The summed E-state index contributed by atoms with van der Waals surface area (Å²) in [6.45, 7) is 1.18. The summed E-state index contributed by atoms with van der Waals surface area (Å²) in [7, 11) is 0. The summed E-state index contributed by atoms with van der Waals surface area (Å²) >= 11 is 12.3. The van der Waals surface area contributed by atoms with Crippen LogP contribution in [-0.4, -0.2) is 29.5 Å². The molecule has 5 aromatic rings. The quantitative estimate of drug-likeness (QED) is 0.142. The number of carbonyl (C=O) groups is 1. The standard InChI is InChI=1S/C15H15ClN2O3.C14H9ClN2O2/c16-11-7-9(15-19-5-6-20-15)1-4-14(11)21-10-2-3-12(17)13(18)8-10;15-11-5-9(7-18)1-4-14(11)19-10-2-3-12-13(6-10)17-8-16-12/h1-4,7-8,15H,5-6,17-18H2;1-8H,(H,16,17). The molecule has 1 saturated heterocycles. The molecule has 0 saturated carbocycles. The maximum absolute atomic E-state index is 10.6. The van der Waals surface area contributed by atoms with Crippen LogP contribution < -0.4 is 20.9 Å². The van der Waals surface area contributed by atoms with Gasteiger partial charge in [-0.15, -0.1) is 0 Å². The second-order valence-electron chi connectivity index (χ2n) is 8.65. The van der Waals surface area contributed by atoms with Crippen LogP contribution in [0.1, 0.15) is 22.2 Å². The fraction of sp³-hybridized carbons (Fsp3) is 0.103. The fourth-order valence-electron chi connectivity index (χ4n) is 3.82.